The van der Waals surface area contributed by atoms with Crippen molar-refractivity contribution in [1.29, 1.82) is 10.5 Å². The van der Waals surface area contributed by atoms with Crippen molar-refractivity contribution in [3.8, 4) is 12.1 Å². The van der Waals surface area contributed by atoms with E-state index >= 15 is 0 Å². The zero-order valence-electron chi connectivity index (χ0n) is 13.4. The highest BCUT2D eigenvalue weighted by atomic mass is 32.1. The number of hydrogen-bond acceptors (Lipinski definition) is 5. The highest BCUT2D eigenvalue weighted by Crippen LogP contribution is 2.34. The van der Waals surface area contributed by atoms with E-state index in [1.54, 1.807) is 17.4 Å². The van der Waals surface area contributed by atoms with Gasteiger partial charge < -0.3 is 4.90 Å². The number of halogens is 1. The molecule has 0 aliphatic carbocycles. The molecular formula is C18H19FN4S. The minimum Gasteiger partial charge on any atom is -0.302 e. The molecule has 0 radical (unpaired) electrons. The van der Waals surface area contributed by atoms with Gasteiger partial charge in [-0.1, -0.05) is 0 Å². The van der Waals surface area contributed by atoms with Gasteiger partial charge in [0.25, 0.3) is 0 Å². The van der Waals surface area contributed by atoms with Crippen LogP contribution in [0.1, 0.15) is 36.6 Å². The van der Waals surface area contributed by atoms with Crippen LogP contribution in [0.5, 0.6) is 0 Å². The first kappa shape index (κ1) is 16.8. The zero-order chi connectivity index (χ0) is 16.9. The summed E-state index contributed by atoms with van der Waals surface area (Å²) in [5.74, 6) is 0.113. The molecule has 4 nitrogen and oxygen atoms in total. The smallest absolute Gasteiger partial charge is 0.125 e. The summed E-state index contributed by atoms with van der Waals surface area (Å²) in [6, 6.07) is 9.20. The van der Waals surface area contributed by atoms with Gasteiger partial charge in [-0.15, -0.1) is 11.3 Å². The first-order chi connectivity index (χ1) is 11.7. The van der Waals surface area contributed by atoms with E-state index in [0.717, 1.165) is 47.7 Å². The average molecular weight is 342 g/mol. The average Bonchev–Trinajstić information content (AvgIpc) is 3.02. The summed E-state index contributed by atoms with van der Waals surface area (Å²) >= 11 is 1.66. The minimum atomic E-state index is -0.242. The fraction of sp³-hybridized carbons (Fsp3) is 0.500. The fourth-order valence-corrected chi connectivity index (χ4v) is 4.32. The molecule has 1 fully saturated rings. The highest BCUT2D eigenvalue weighted by Gasteiger charge is 2.24. The molecule has 1 aromatic heterocycles. The van der Waals surface area contributed by atoms with E-state index < -0.39 is 0 Å². The van der Waals surface area contributed by atoms with E-state index in [-0.39, 0.29) is 11.7 Å². The third-order valence-corrected chi connectivity index (χ3v) is 5.77. The Bertz CT molecular complexity index is 780. The number of rotatable bonds is 5. The van der Waals surface area contributed by atoms with Crippen LogP contribution in [0.2, 0.25) is 0 Å². The van der Waals surface area contributed by atoms with Crippen LogP contribution in [0.15, 0.2) is 18.2 Å². The SMILES string of the molecule is N#CCC[C@@H](C#N)CN1CCC(c2nc3cc(F)ccc3s2)CC1. The van der Waals surface area contributed by atoms with E-state index in [9.17, 15) is 9.65 Å². The van der Waals surface area contributed by atoms with E-state index in [2.05, 4.69) is 22.0 Å². The monoisotopic (exact) mass is 342 g/mol. The number of aromatic nitrogens is 1. The lowest BCUT2D eigenvalue weighted by molar-refractivity contribution is 0.193. The molecule has 24 heavy (non-hydrogen) atoms. The van der Waals surface area contributed by atoms with Crippen molar-refractivity contribution in [3.05, 3.63) is 29.0 Å². The van der Waals surface area contributed by atoms with Gasteiger partial charge in [-0.05, 0) is 44.5 Å². The van der Waals surface area contributed by atoms with Gasteiger partial charge in [-0.25, -0.2) is 9.37 Å². The Labute approximate surface area is 145 Å². The fourth-order valence-electron chi connectivity index (χ4n) is 3.20. The van der Waals surface area contributed by atoms with E-state index in [0.29, 0.717) is 18.8 Å². The molecule has 0 unspecified atom stereocenters. The summed E-state index contributed by atoms with van der Waals surface area (Å²) in [6.45, 7) is 2.63. The molecule has 0 amide bonds. The largest absolute Gasteiger partial charge is 0.302 e. The second-order valence-corrected chi connectivity index (χ2v) is 7.32. The molecule has 1 atom stereocenters. The van der Waals surface area contributed by atoms with Crippen molar-refractivity contribution in [3.63, 3.8) is 0 Å². The van der Waals surface area contributed by atoms with Crippen LogP contribution in [0, 0.1) is 34.4 Å². The summed E-state index contributed by atoms with van der Waals surface area (Å²) in [7, 11) is 0. The molecule has 2 aromatic rings. The molecule has 6 heteroatoms. The maximum Gasteiger partial charge on any atom is 0.125 e. The summed E-state index contributed by atoms with van der Waals surface area (Å²) < 4.78 is 14.3. The summed E-state index contributed by atoms with van der Waals surface area (Å²) in [5.41, 5.74) is 0.749. The number of nitrogens with zero attached hydrogens (tertiary/aromatic N) is 4. The van der Waals surface area contributed by atoms with E-state index in [4.69, 9.17) is 5.26 Å². The number of thiazole rings is 1. The minimum absolute atomic E-state index is 0.0633. The van der Waals surface area contributed by atoms with Gasteiger partial charge in [-0.3, -0.25) is 0 Å². The second kappa shape index (κ2) is 7.70. The predicted molar refractivity (Wildman–Crippen MR) is 91.9 cm³/mol. The highest BCUT2D eigenvalue weighted by molar-refractivity contribution is 7.18. The molecule has 1 aliphatic heterocycles. The Kier molecular flexibility index (Phi) is 5.40. The molecule has 0 N–H and O–H groups in total. The zero-order valence-corrected chi connectivity index (χ0v) is 14.2. The number of fused-ring (bicyclic) bond motifs is 1. The quantitative estimate of drug-likeness (QED) is 0.822. The molecule has 2 heterocycles. The van der Waals surface area contributed by atoms with Crippen LogP contribution in [0.25, 0.3) is 10.2 Å². The van der Waals surface area contributed by atoms with E-state index in [1.807, 2.05) is 0 Å². The van der Waals surface area contributed by atoms with Crippen LogP contribution in [0.4, 0.5) is 4.39 Å². The first-order valence-corrected chi connectivity index (χ1v) is 9.06. The molecule has 3 rings (SSSR count). The van der Waals surface area contributed by atoms with Crippen molar-refractivity contribution >= 4 is 21.6 Å². The van der Waals surface area contributed by atoms with Gasteiger partial charge in [-0.2, -0.15) is 10.5 Å². The summed E-state index contributed by atoms with van der Waals surface area (Å²) in [6.07, 6.45) is 3.12. The van der Waals surface area contributed by atoms with Crippen LogP contribution in [-0.2, 0) is 0 Å². The third kappa shape index (κ3) is 3.90. The third-order valence-electron chi connectivity index (χ3n) is 4.57. The first-order valence-electron chi connectivity index (χ1n) is 8.24. The molecule has 1 aliphatic rings. The van der Waals surface area contributed by atoms with Gasteiger partial charge in [0.2, 0.25) is 0 Å². The van der Waals surface area contributed by atoms with Gasteiger partial charge >= 0.3 is 0 Å². The molecule has 1 aromatic carbocycles. The van der Waals surface area contributed by atoms with Gasteiger partial charge in [0.15, 0.2) is 0 Å². The van der Waals surface area contributed by atoms with Crippen LogP contribution < -0.4 is 0 Å². The molecule has 0 spiro atoms. The van der Waals surface area contributed by atoms with Gasteiger partial charge in [0.1, 0.15) is 5.82 Å². The van der Waals surface area contributed by atoms with Crippen LogP contribution in [0.3, 0.4) is 0 Å². The number of nitriles is 2. The van der Waals surface area contributed by atoms with Crippen molar-refractivity contribution in [2.24, 2.45) is 5.92 Å². The van der Waals surface area contributed by atoms with Crippen molar-refractivity contribution in [2.45, 2.75) is 31.6 Å². The summed E-state index contributed by atoms with van der Waals surface area (Å²) in [4.78, 5) is 6.93. The maximum absolute atomic E-state index is 13.3. The Morgan fingerprint density at radius 2 is 2.12 bits per heavy atom. The number of benzene rings is 1. The predicted octanol–water partition coefficient (Wildman–Crippen LogP) is 4.06. The second-order valence-electron chi connectivity index (χ2n) is 6.26. The van der Waals surface area contributed by atoms with Crippen LogP contribution in [-0.4, -0.2) is 29.5 Å². The lowest BCUT2D eigenvalue weighted by Gasteiger charge is -2.32. The Balaban J connectivity index is 1.58. The van der Waals surface area contributed by atoms with Crippen molar-refractivity contribution in [1.82, 2.24) is 9.88 Å². The number of likely N-dealkylation sites (tertiary alicyclic amines) is 1. The van der Waals surface area contributed by atoms with Gasteiger partial charge in [0.05, 0.1) is 33.3 Å². The van der Waals surface area contributed by atoms with Crippen LogP contribution >= 0.6 is 11.3 Å². The normalized spacial score (nSPS) is 17.5. The Morgan fingerprint density at radius 3 is 2.83 bits per heavy atom. The number of hydrogen-bond donors (Lipinski definition) is 0. The van der Waals surface area contributed by atoms with Crippen molar-refractivity contribution in [2.75, 3.05) is 19.6 Å². The van der Waals surface area contributed by atoms with Gasteiger partial charge in [0, 0.05) is 24.9 Å². The number of piperidine rings is 1. The van der Waals surface area contributed by atoms with Crippen molar-refractivity contribution < 1.29 is 4.39 Å². The standard InChI is InChI=1S/C18H19FN4S/c19-15-3-4-17-16(10-15)22-18(24-17)14-5-8-23(9-6-14)12-13(11-21)2-1-7-20/h3-4,10,13-14H,1-2,5-6,8-9,12H2/t13-/m0/s1. The van der Waals surface area contributed by atoms with E-state index in [1.165, 1.54) is 12.1 Å². The molecule has 0 bridgehead atoms. The lowest BCUT2D eigenvalue weighted by Crippen LogP contribution is -2.36. The summed E-state index contributed by atoms with van der Waals surface area (Å²) in [5, 5.41) is 18.9. The lowest BCUT2D eigenvalue weighted by atomic mass is 9.96. The Morgan fingerprint density at radius 1 is 1.33 bits per heavy atom. The molecular weight excluding hydrogens is 323 g/mol. The Hall–Kier alpha value is -2.02. The maximum atomic E-state index is 13.3. The molecule has 0 saturated carbocycles. The topological polar surface area (TPSA) is 63.7 Å². The molecule has 124 valence electrons. The molecule has 1 saturated heterocycles.